The van der Waals surface area contributed by atoms with Gasteiger partial charge in [-0.25, -0.2) is 13.1 Å². The molecule has 1 N–H and O–H groups in total. The highest BCUT2D eigenvalue weighted by atomic mass is 32.2. The van der Waals surface area contributed by atoms with Gasteiger partial charge >= 0.3 is 0 Å². The fourth-order valence-corrected chi connectivity index (χ4v) is 3.06. The summed E-state index contributed by atoms with van der Waals surface area (Å²) in [4.78, 5) is 0.212. The number of benzene rings is 2. The Labute approximate surface area is 137 Å². The topological polar surface area (TPSA) is 64.6 Å². The molecule has 0 aliphatic heterocycles. The van der Waals surface area contributed by atoms with E-state index in [1.54, 1.807) is 19.2 Å². The third-order valence-electron chi connectivity index (χ3n) is 3.24. The number of rotatable bonds is 8. The number of sulfonamides is 1. The van der Waals surface area contributed by atoms with Gasteiger partial charge in [-0.15, -0.1) is 0 Å². The van der Waals surface area contributed by atoms with Gasteiger partial charge in [0.25, 0.3) is 0 Å². The van der Waals surface area contributed by atoms with Crippen molar-refractivity contribution in [2.45, 2.75) is 18.4 Å². The summed E-state index contributed by atoms with van der Waals surface area (Å²) in [5, 5.41) is 0. The summed E-state index contributed by atoms with van der Waals surface area (Å²) in [6, 6.07) is 14.1. The van der Waals surface area contributed by atoms with Crippen molar-refractivity contribution in [2.75, 3.05) is 20.3 Å². The molecule has 0 heterocycles. The maximum absolute atomic E-state index is 12.3. The summed E-state index contributed by atoms with van der Waals surface area (Å²) in [6.07, 6.45) is 0. The van der Waals surface area contributed by atoms with Crippen LogP contribution in [0.3, 0.4) is 0 Å². The molecule has 0 unspecified atom stereocenters. The molecule has 6 heteroatoms. The summed E-state index contributed by atoms with van der Waals surface area (Å²) in [7, 11) is -1.95. The van der Waals surface area contributed by atoms with Gasteiger partial charge in [-0.3, -0.25) is 0 Å². The zero-order valence-corrected chi connectivity index (χ0v) is 14.1. The van der Waals surface area contributed by atoms with Crippen molar-refractivity contribution in [3.63, 3.8) is 0 Å². The van der Waals surface area contributed by atoms with Crippen LogP contribution in [0.25, 0.3) is 0 Å². The highest BCUT2D eigenvalue weighted by Crippen LogP contribution is 2.16. The highest BCUT2D eigenvalue weighted by Gasteiger charge is 2.13. The average Bonchev–Trinajstić information content (AvgIpc) is 2.54. The van der Waals surface area contributed by atoms with E-state index in [4.69, 9.17) is 9.47 Å². The molecule has 124 valence electrons. The molecule has 0 aliphatic carbocycles. The van der Waals surface area contributed by atoms with Crippen molar-refractivity contribution in [2.24, 2.45) is 0 Å². The number of aryl methyl sites for hydroxylation is 1. The lowest BCUT2D eigenvalue weighted by atomic mass is 10.1. The molecule has 0 aliphatic rings. The van der Waals surface area contributed by atoms with Crippen LogP contribution in [-0.2, 0) is 21.3 Å². The molecular formula is C17H21NO4S. The number of ether oxygens (including phenoxy) is 2. The summed E-state index contributed by atoms with van der Waals surface area (Å²) >= 11 is 0. The van der Waals surface area contributed by atoms with E-state index in [0.717, 1.165) is 11.1 Å². The van der Waals surface area contributed by atoms with Gasteiger partial charge in [0.15, 0.2) is 0 Å². The zero-order valence-electron chi connectivity index (χ0n) is 13.3. The first kappa shape index (κ1) is 17.5. The summed E-state index contributed by atoms with van der Waals surface area (Å²) in [6.45, 7) is 3.14. The molecule has 0 aromatic heterocycles. The van der Waals surface area contributed by atoms with Gasteiger partial charge in [0, 0.05) is 13.7 Å². The Bertz CT molecular complexity index is 727. The van der Waals surface area contributed by atoms with Crippen LogP contribution in [0.2, 0.25) is 0 Å². The fraction of sp³-hybridized carbons (Fsp3) is 0.294. The van der Waals surface area contributed by atoms with E-state index in [1.807, 2.05) is 31.2 Å². The first-order valence-electron chi connectivity index (χ1n) is 7.28. The van der Waals surface area contributed by atoms with Gasteiger partial charge in [0.1, 0.15) is 12.4 Å². The minimum Gasteiger partial charge on any atom is -0.491 e. The second-order valence-electron chi connectivity index (χ2n) is 5.13. The molecule has 23 heavy (non-hydrogen) atoms. The standard InChI is InChI=1S/C17H21NO4S/c1-14-4-3-5-15(12-14)13-18-23(19,20)17-8-6-16(7-9-17)22-11-10-21-2/h3-9,12,18H,10-11,13H2,1-2H3. The Hall–Kier alpha value is -1.89. The van der Waals surface area contributed by atoms with Crippen LogP contribution in [-0.4, -0.2) is 28.7 Å². The number of methoxy groups -OCH3 is 1. The van der Waals surface area contributed by atoms with Crippen LogP contribution >= 0.6 is 0 Å². The van der Waals surface area contributed by atoms with E-state index in [2.05, 4.69) is 4.72 Å². The van der Waals surface area contributed by atoms with Gasteiger partial charge in [0.05, 0.1) is 11.5 Å². The average molecular weight is 335 g/mol. The summed E-state index contributed by atoms with van der Waals surface area (Å²) in [5.74, 6) is 0.611. The van der Waals surface area contributed by atoms with Crippen molar-refractivity contribution < 1.29 is 17.9 Å². The molecule has 0 atom stereocenters. The largest absolute Gasteiger partial charge is 0.491 e. The van der Waals surface area contributed by atoms with Crippen LogP contribution in [0.1, 0.15) is 11.1 Å². The summed E-state index contributed by atoms with van der Waals surface area (Å²) < 4.78 is 37.5. The van der Waals surface area contributed by atoms with Crippen molar-refractivity contribution in [1.29, 1.82) is 0 Å². The van der Waals surface area contributed by atoms with Gasteiger partial charge < -0.3 is 9.47 Å². The maximum atomic E-state index is 12.3. The third kappa shape index (κ3) is 5.35. The normalized spacial score (nSPS) is 11.4. The van der Waals surface area contributed by atoms with Gasteiger partial charge in [-0.2, -0.15) is 0 Å². The Morgan fingerprint density at radius 2 is 1.78 bits per heavy atom. The molecule has 0 fully saturated rings. The van der Waals surface area contributed by atoms with Crippen molar-refractivity contribution >= 4 is 10.0 Å². The summed E-state index contributed by atoms with van der Waals surface area (Å²) in [5.41, 5.74) is 2.02. The van der Waals surface area contributed by atoms with E-state index in [-0.39, 0.29) is 11.4 Å². The van der Waals surface area contributed by atoms with E-state index in [9.17, 15) is 8.42 Å². The van der Waals surface area contributed by atoms with Crippen LogP contribution in [0.15, 0.2) is 53.4 Å². The zero-order chi connectivity index (χ0) is 16.7. The van der Waals surface area contributed by atoms with Crippen molar-refractivity contribution in [3.8, 4) is 5.75 Å². The van der Waals surface area contributed by atoms with E-state index < -0.39 is 10.0 Å². The third-order valence-corrected chi connectivity index (χ3v) is 4.66. The first-order chi connectivity index (χ1) is 11.0. The number of nitrogens with one attached hydrogen (secondary N) is 1. The predicted molar refractivity (Wildman–Crippen MR) is 89.0 cm³/mol. The number of hydrogen-bond acceptors (Lipinski definition) is 4. The van der Waals surface area contributed by atoms with Gasteiger partial charge in [-0.05, 0) is 36.8 Å². The smallest absolute Gasteiger partial charge is 0.240 e. The van der Waals surface area contributed by atoms with Crippen LogP contribution in [0, 0.1) is 6.92 Å². The molecule has 0 radical (unpaired) electrons. The van der Waals surface area contributed by atoms with Crippen LogP contribution < -0.4 is 9.46 Å². The Morgan fingerprint density at radius 3 is 2.43 bits per heavy atom. The predicted octanol–water partition coefficient (Wildman–Crippen LogP) is 2.50. The molecule has 0 saturated carbocycles. The monoisotopic (exact) mass is 335 g/mol. The highest BCUT2D eigenvalue weighted by molar-refractivity contribution is 7.89. The lowest BCUT2D eigenvalue weighted by molar-refractivity contribution is 0.146. The quantitative estimate of drug-likeness (QED) is 0.753. The van der Waals surface area contributed by atoms with Crippen LogP contribution in [0.4, 0.5) is 0 Å². The minimum absolute atomic E-state index is 0.212. The first-order valence-corrected chi connectivity index (χ1v) is 8.76. The van der Waals surface area contributed by atoms with E-state index in [0.29, 0.717) is 19.0 Å². The van der Waals surface area contributed by atoms with Crippen molar-refractivity contribution in [3.05, 3.63) is 59.7 Å². The van der Waals surface area contributed by atoms with Crippen molar-refractivity contribution in [1.82, 2.24) is 4.72 Å². The Kier molecular flexibility index (Phi) is 6.15. The lowest BCUT2D eigenvalue weighted by Gasteiger charge is -2.09. The molecular weight excluding hydrogens is 314 g/mol. The maximum Gasteiger partial charge on any atom is 0.240 e. The Balaban J connectivity index is 1.98. The van der Waals surface area contributed by atoms with Gasteiger partial charge in [0.2, 0.25) is 10.0 Å². The lowest BCUT2D eigenvalue weighted by Crippen LogP contribution is -2.23. The van der Waals surface area contributed by atoms with E-state index in [1.165, 1.54) is 12.1 Å². The van der Waals surface area contributed by atoms with E-state index >= 15 is 0 Å². The molecule has 2 aromatic rings. The second kappa shape index (κ2) is 8.10. The van der Waals surface area contributed by atoms with Crippen LogP contribution in [0.5, 0.6) is 5.75 Å². The second-order valence-corrected chi connectivity index (χ2v) is 6.89. The molecule has 5 nitrogen and oxygen atoms in total. The molecule has 0 bridgehead atoms. The molecule has 2 rings (SSSR count). The Morgan fingerprint density at radius 1 is 1.04 bits per heavy atom. The minimum atomic E-state index is -3.54. The molecule has 2 aromatic carbocycles. The van der Waals surface area contributed by atoms with Gasteiger partial charge in [-0.1, -0.05) is 29.8 Å². The SMILES string of the molecule is COCCOc1ccc(S(=O)(=O)NCc2cccc(C)c2)cc1. The molecule has 0 amide bonds. The molecule has 0 spiro atoms. The molecule has 0 saturated heterocycles. The fourth-order valence-electron chi connectivity index (χ4n) is 2.04. The number of hydrogen-bond donors (Lipinski definition) is 1.